The van der Waals surface area contributed by atoms with Crippen molar-refractivity contribution in [3.63, 3.8) is 0 Å². The number of benzene rings is 1. The Balaban J connectivity index is 2.69. The molecule has 0 aliphatic carbocycles. The number of halogens is 1. The van der Waals surface area contributed by atoms with E-state index in [0.29, 0.717) is 10.7 Å². The SMILES string of the molecule is Cc1c(C(=O)NN)[nH]c2cc(Cl)ccc12. The van der Waals surface area contributed by atoms with Crippen LogP contribution in [-0.2, 0) is 0 Å². The van der Waals surface area contributed by atoms with Gasteiger partial charge in [0.05, 0.1) is 0 Å². The normalized spacial score (nSPS) is 10.6. The monoisotopic (exact) mass is 223 g/mol. The molecule has 2 rings (SSSR count). The second-order valence-electron chi connectivity index (χ2n) is 3.29. The molecular formula is C10H10ClN3O. The van der Waals surface area contributed by atoms with E-state index in [-0.39, 0.29) is 5.91 Å². The average Bonchev–Trinajstić information content (AvgIpc) is 2.54. The number of hydrazine groups is 1. The molecule has 4 N–H and O–H groups in total. The molecule has 0 spiro atoms. The van der Waals surface area contributed by atoms with E-state index in [1.807, 2.05) is 13.0 Å². The molecular weight excluding hydrogens is 214 g/mol. The Morgan fingerprint density at radius 2 is 2.27 bits per heavy atom. The number of nitrogen functional groups attached to an aromatic ring is 1. The summed E-state index contributed by atoms with van der Waals surface area (Å²) in [5, 5.41) is 1.60. The number of hydrogen-bond acceptors (Lipinski definition) is 2. The van der Waals surface area contributed by atoms with Crippen molar-refractivity contribution in [2.45, 2.75) is 6.92 Å². The second kappa shape index (κ2) is 3.56. The minimum atomic E-state index is -0.333. The Bertz CT molecular complexity index is 533. The van der Waals surface area contributed by atoms with Gasteiger partial charge in [0.2, 0.25) is 0 Å². The zero-order valence-electron chi connectivity index (χ0n) is 8.10. The third kappa shape index (κ3) is 1.58. The number of nitrogens with one attached hydrogen (secondary N) is 2. The van der Waals surface area contributed by atoms with E-state index in [0.717, 1.165) is 16.5 Å². The van der Waals surface area contributed by atoms with Crippen molar-refractivity contribution < 1.29 is 4.79 Å². The van der Waals surface area contributed by atoms with Gasteiger partial charge in [0.15, 0.2) is 0 Å². The summed E-state index contributed by atoms with van der Waals surface area (Å²) >= 11 is 5.85. The lowest BCUT2D eigenvalue weighted by Gasteiger charge is -1.96. The van der Waals surface area contributed by atoms with Crippen LogP contribution in [0.25, 0.3) is 10.9 Å². The van der Waals surface area contributed by atoms with E-state index in [1.54, 1.807) is 12.1 Å². The number of aromatic amines is 1. The van der Waals surface area contributed by atoms with E-state index in [9.17, 15) is 4.79 Å². The third-order valence-corrected chi connectivity index (χ3v) is 2.61. The maximum atomic E-state index is 11.4. The van der Waals surface area contributed by atoms with Crippen LogP contribution in [0.4, 0.5) is 0 Å². The number of carbonyl (C=O) groups is 1. The predicted octanol–water partition coefficient (Wildman–Crippen LogP) is 1.73. The Labute approximate surface area is 91.4 Å². The summed E-state index contributed by atoms with van der Waals surface area (Å²) in [4.78, 5) is 14.4. The first kappa shape index (κ1) is 10.0. The maximum Gasteiger partial charge on any atom is 0.281 e. The van der Waals surface area contributed by atoms with Gasteiger partial charge in [0.25, 0.3) is 5.91 Å². The van der Waals surface area contributed by atoms with Gasteiger partial charge in [0, 0.05) is 15.9 Å². The number of H-pyrrole nitrogens is 1. The standard InChI is InChI=1S/C10H10ClN3O/c1-5-7-3-2-6(11)4-8(7)13-9(5)10(15)14-12/h2-4,13H,12H2,1H3,(H,14,15). The molecule has 0 fully saturated rings. The van der Waals surface area contributed by atoms with E-state index >= 15 is 0 Å². The van der Waals surface area contributed by atoms with Gasteiger partial charge in [-0.25, -0.2) is 5.84 Å². The van der Waals surface area contributed by atoms with Crippen molar-refractivity contribution in [1.82, 2.24) is 10.4 Å². The molecule has 4 nitrogen and oxygen atoms in total. The highest BCUT2D eigenvalue weighted by Crippen LogP contribution is 2.24. The number of rotatable bonds is 1. The van der Waals surface area contributed by atoms with Crippen molar-refractivity contribution in [1.29, 1.82) is 0 Å². The van der Waals surface area contributed by atoms with Crippen molar-refractivity contribution in [2.75, 3.05) is 0 Å². The average molecular weight is 224 g/mol. The molecule has 5 heteroatoms. The zero-order valence-corrected chi connectivity index (χ0v) is 8.85. The Morgan fingerprint density at radius 3 is 2.93 bits per heavy atom. The Morgan fingerprint density at radius 1 is 1.53 bits per heavy atom. The summed E-state index contributed by atoms with van der Waals surface area (Å²) in [6.45, 7) is 1.86. The topological polar surface area (TPSA) is 70.9 Å². The van der Waals surface area contributed by atoms with Crippen molar-refractivity contribution in [2.24, 2.45) is 5.84 Å². The van der Waals surface area contributed by atoms with E-state index in [2.05, 4.69) is 10.4 Å². The van der Waals surface area contributed by atoms with Gasteiger partial charge >= 0.3 is 0 Å². The number of aryl methyl sites for hydroxylation is 1. The van der Waals surface area contributed by atoms with Gasteiger partial charge in [0.1, 0.15) is 5.69 Å². The smallest absolute Gasteiger partial charge is 0.281 e. The number of amides is 1. The molecule has 0 aliphatic heterocycles. The minimum Gasteiger partial charge on any atom is -0.350 e. The summed E-state index contributed by atoms with van der Waals surface area (Å²) in [5.74, 6) is 4.75. The van der Waals surface area contributed by atoms with Crippen LogP contribution in [0.3, 0.4) is 0 Å². The van der Waals surface area contributed by atoms with Gasteiger partial charge in [-0.3, -0.25) is 10.2 Å². The number of fused-ring (bicyclic) bond motifs is 1. The van der Waals surface area contributed by atoms with Crippen LogP contribution in [-0.4, -0.2) is 10.9 Å². The first-order valence-electron chi connectivity index (χ1n) is 4.42. The quantitative estimate of drug-likeness (QED) is 0.392. The lowest BCUT2D eigenvalue weighted by Crippen LogP contribution is -2.30. The molecule has 1 aromatic heterocycles. The number of hydrogen-bond donors (Lipinski definition) is 3. The van der Waals surface area contributed by atoms with E-state index < -0.39 is 0 Å². The van der Waals surface area contributed by atoms with Crippen LogP contribution in [0.1, 0.15) is 16.1 Å². The maximum absolute atomic E-state index is 11.4. The molecule has 0 saturated heterocycles. The highest BCUT2D eigenvalue weighted by Gasteiger charge is 2.13. The van der Waals surface area contributed by atoms with Gasteiger partial charge < -0.3 is 4.98 Å². The molecule has 78 valence electrons. The molecule has 15 heavy (non-hydrogen) atoms. The molecule has 1 aromatic carbocycles. The Kier molecular flexibility index (Phi) is 2.38. The highest BCUT2D eigenvalue weighted by molar-refractivity contribution is 6.31. The fourth-order valence-corrected chi connectivity index (χ4v) is 1.78. The second-order valence-corrected chi connectivity index (χ2v) is 3.72. The number of carbonyl (C=O) groups excluding carboxylic acids is 1. The number of aromatic nitrogens is 1. The number of nitrogens with two attached hydrogens (primary N) is 1. The largest absolute Gasteiger partial charge is 0.350 e. The van der Waals surface area contributed by atoms with Gasteiger partial charge in [-0.05, 0) is 24.6 Å². The van der Waals surface area contributed by atoms with Crippen molar-refractivity contribution in [3.05, 3.63) is 34.5 Å². The molecule has 1 amide bonds. The highest BCUT2D eigenvalue weighted by atomic mass is 35.5. The summed E-state index contributed by atoms with van der Waals surface area (Å²) in [5.41, 5.74) is 4.26. The molecule has 0 saturated carbocycles. The zero-order chi connectivity index (χ0) is 11.0. The third-order valence-electron chi connectivity index (χ3n) is 2.38. The summed E-state index contributed by atoms with van der Waals surface area (Å²) in [7, 11) is 0. The molecule has 1 heterocycles. The lowest BCUT2D eigenvalue weighted by atomic mass is 10.1. The van der Waals surface area contributed by atoms with Crippen LogP contribution in [0.5, 0.6) is 0 Å². The van der Waals surface area contributed by atoms with Crippen LogP contribution >= 0.6 is 11.6 Å². The molecule has 0 radical (unpaired) electrons. The summed E-state index contributed by atoms with van der Waals surface area (Å²) in [6, 6.07) is 5.43. The lowest BCUT2D eigenvalue weighted by molar-refractivity contribution is 0.0949. The first-order valence-corrected chi connectivity index (χ1v) is 4.80. The fourth-order valence-electron chi connectivity index (χ4n) is 1.61. The van der Waals surface area contributed by atoms with Crippen molar-refractivity contribution >= 4 is 28.4 Å². The van der Waals surface area contributed by atoms with E-state index in [4.69, 9.17) is 17.4 Å². The van der Waals surface area contributed by atoms with Crippen molar-refractivity contribution in [3.8, 4) is 0 Å². The summed E-state index contributed by atoms with van der Waals surface area (Å²) < 4.78 is 0. The molecule has 0 atom stereocenters. The summed E-state index contributed by atoms with van der Waals surface area (Å²) in [6.07, 6.45) is 0. The van der Waals surface area contributed by atoms with Crippen LogP contribution < -0.4 is 11.3 Å². The molecule has 0 bridgehead atoms. The minimum absolute atomic E-state index is 0.333. The molecule has 2 aromatic rings. The fraction of sp³-hybridized carbons (Fsp3) is 0.100. The molecule has 0 unspecified atom stereocenters. The van der Waals surface area contributed by atoms with Gasteiger partial charge in [-0.1, -0.05) is 17.7 Å². The van der Waals surface area contributed by atoms with Gasteiger partial charge in [-0.2, -0.15) is 0 Å². The first-order chi connectivity index (χ1) is 7.13. The Hall–Kier alpha value is -1.52. The van der Waals surface area contributed by atoms with E-state index in [1.165, 1.54) is 0 Å². The van der Waals surface area contributed by atoms with Gasteiger partial charge in [-0.15, -0.1) is 0 Å². The van der Waals surface area contributed by atoms with Crippen LogP contribution in [0.15, 0.2) is 18.2 Å². The van der Waals surface area contributed by atoms with Crippen LogP contribution in [0.2, 0.25) is 5.02 Å². The molecule has 0 aliphatic rings. The van der Waals surface area contributed by atoms with Crippen LogP contribution in [0, 0.1) is 6.92 Å². The predicted molar refractivity (Wildman–Crippen MR) is 59.7 cm³/mol.